The van der Waals surface area contributed by atoms with Gasteiger partial charge in [-0.25, -0.2) is 4.79 Å². The van der Waals surface area contributed by atoms with Gasteiger partial charge in [-0.15, -0.1) is 0 Å². The van der Waals surface area contributed by atoms with E-state index in [1.54, 1.807) is 12.1 Å². The van der Waals surface area contributed by atoms with E-state index in [0.29, 0.717) is 11.6 Å². The van der Waals surface area contributed by atoms with Gasteiger partial charge in [0.05, 0.1) is 22.5 Å². The highest BCUT2D eigenvalue weighted by molar-refractivity contribution is 5.90. The number of piperidine rings is 1. The van der Waals surface area contributed by atoms with E-state index in [9.17, 15) is 9.90 Å². The second kappa shape index (κ2) is 5.22. The molecule has 1 aliphatic carbocycles. The van der Waals surface area contributed by atoms with Crippen molar-refractivity contribution in [2.45, 2.75) is 37.7 Å². The monoisotopic (exact) mass is 290 g/mol. The number of carbonyl (C=O) groups is 1. The lowest BCUT2D eigenvalue weighted by Gasteiger charge is -2.48. The SMILES string of the molecule is Nc1cc(C(=O)O)ccc1N1CCC2(O)CCCCC2C1. The van der Waals surface area contributed by atoms with E-state index >= 15 is 0 Å². The van der Waals surface area contributed by atoms with E-state index in [4.69, 9.17) is 10.8 Å². The second-order valence-electron chi connectivity index (χ2n) is 6.32. The zero-order valence-corrected chi connectivity index (χ0v) is 12.1. The number of carboxylic acids is 1. The zero-order chi connectivity index (χ0) is 15.0. The molecule has 1 aliphatic heterocycles. The molecule has 4 N–H and O–H groups in total. The molecule has 114 valence electrons. The first-order chi connectivity index (χ1) is 9.99. The average molecular weight is 290 g/mol. The normalized spacial score (nSPS) is 29.0. The van der Waals surface area contributed by atoms with Crippen LogP contribution >= 0.6 is 0 Å². The van der Waals surface area contributed by atoms with Gasteiger partial charge in [-0.05, 0) is 37.5 Å². The molecule has 3 rings (SSSR count). The van der Waals surface area contributed by atoms with Crippen LogP contribution in [0.15, 0.2) is 18.2 Å². The van der Waals surface area contributed by atoms with Gasteiger partial charge in [0.2, 0.25) is 0 Å². The van der Waals surface area contributed by atoms with Crippen LogP contribution in [-0.4, -0.2) is 34.9 Å². The van der Waals surface area contributed by atoms with Crippen molar-refractivity contribution in [1.82, 2.24) is 0 Å². The molecular weight excluding hydrogens is 268 g/mol. The van der Waals surface area contributed by atoms with Crippen LogP contribution in [0.1, 0.15) is 42.5 Å². The van der Waals surface area contributed by atoms with Crippen molar-refractivity contribution < 1.29 is 15.0 Å². The number of nitrogen functional groups attached to an aromatic ring is 1. The Kier molecular flexibility index (Phi) is 3.53. The summed E-state index contributed by atoms with van der Waals surface area (Å²) in [6.07, 6.45) is 5.01. The molecule has 0 spiro atoms. The van der Waals surface area contributed by atoms with Gasteiger partial charge < -0.3 is 20.8 Å². The van der Waals surface area contributed by atoms with E-state index in [2.05, 4.69) is 4.90 Å². The predicted octanol–water partition coefficient (Wildman–Crippen LogP) is 2.10. The molecule has 2 fully saturated rings. The maximum absolute atomic E-state index is 11.0. The van der Waals surface area contributed by atoms with Crippen LogP contribution in [0.4, 0.5) is 11.4 Å². The molecule has 1 heterocycles. The number of carboxylic acid groups (broad SMARTS) is 1. The predicted molar refractivity (Wildman–Crippen MR) is 81.6 cm³/mol. The maximum Gasteiger partial charge on any atom is 0.335 e. The fourth-order valence-corrected chi connectivity index (χ4v) is 3.77. The fourth-order valence-electron chi connectivity index (χ4n) is 3.77. The number of nitrogens with zero attached hydrogens (tertiary/aromatic N) is 1. The Hall–Kier alpha value is -1.75. The van der Waals surface area contributed by atoms with E-state index in [1.807, 2.05) is 0 Å². The summed E-state index contributed by atoms with van der Waals surface area (Å²) in [5.41, 5.74) is 7.10. The van der Waals surface area contributed by atoms with Crippen molar-refractivity contribution in [3.63, 3.8) is 0 Å². The Bertz CT molecular complexity index is 560. The summed E-state index contributed by atoms with van der Waals surface area (Å²) in [4.78, 5) is 13.2. The topological polar surface area (TPSA) is 86.8 Å². The lowest BCUT2D eigenvalue weighted by molar-refractivity contribution is -0.0612. The summed E-state index contributed by atoms with van der Waals surface area (Å²) in [5, 5.41) is 19.7. The summed E-state index contributed by atoms with van der Waals surface area (Å²) in [7, 11) is 0. The highest BCUT2D eigenvalue weighted by Crippen LogP contribution is 2.41. The minimum atomic E-state index is -0.964. The van der Waals surface area contributed by atoms with E-state index in [-0.39, 0.29) is 5.56 Å². The highest BCUT2D eigenvalue weighted by atomic mass is 16.4. The lowest BCUT2D eigenvalue weighted by atomic mass is 9.71. The van der Waals surface area contributed by atoms with E-state index in [0.717, 1.165) is 44.5 Å². The van der Waals surface area contributed by atoms with Crippen LogP contribution in [0.3, 0.4) is 0 Å². The molecule has 2 atom stereocenters. The standard InChI is InChI=1S/C16H22N2O3/c17-13-9-11(15(19)20)4-5-14(13)18-8-7-16(21)6-2-1-3-12(16)10-18/h4-5,9,12,21H,1-3,6-8,10,17H2,(H,19,20). The number of hydrogen-bond acceptors (Lipinski definition) is 4. The number of benzene rings is 1. The van der Waals surface area contributed by atoms with Crippen molar-refractivity contribution in [2.24, 2.45) is 5.92 Å². The van der Waals surface area contributed by atoms with Gasteiger partial charge in [-0.2, -0.15) is 0 Å². The molecule has 0 bridgehead atoms. The van der Waals surface area contributed by atoms with Crippen LogP contribution in [-0.2, 0) is 0 Å². The first kappa shape index (κ1) is 14.2. The van der Waals surface area contributed by atoms with E-state index in [1.165, 1.54) is 12.5 Å². The summed E-state index contributed by atoms with van der Waals surface area (Å²) >= 11 is 0. The molecule has 0 aromatic heterocycles. The van der Waals surface area contributed by atoms with Gasteiger partial charge in [-0.3, -0.25) is 0 Å². The Morgan fingerprint density at radius 1 is 1.33 bits per heavy atom. The Balaban J connectivity index is 1.81. The van der Waals surface area contributed by atoms with Gasteiger partial charge >= 0.3 is 5.97 Å². The molecular formula is C16H22N2O3. The third-order valence-electron chi connectivity index (χ3n) is 5.04. The largest absolute Gasteiger partial charge is 0.478 e. The van der Waals surface area contributed by atoms with Crippen molar-refractivity contribution in [3.8, 4) is 0 Å². The van der Waals surface area contributed by atoms with Gasteiger partial charge in [0, 0.05) is 19.0 Å². The Morgan fingerprint density at radius 3 is 2.86 bits per heavy atom. The number of nitrogens with two attached hydrogens (primary N) is 1. The van der Waals surface area contributed by atoms with Crippen LogP contribution in [0.2, 0.25) is 0 Å². The molecule has 0 radical (unpaired) electrons. The highest BCUT2D eigenvalue weighted by Gasteiger charge is 2.42. The number of fused-ring (bicyclic) bond motifs is 1. The zero-order valence-electron chi connectivity index (χ0n) is 12.1. The number of rotatable bonds is 2. The van der Waals surface area contributed by atoms with Gasteiger partial charge in [-0.1, -0.05) is 12.8 Å². The number of aliphatic hydroxyl groups is 1. The third-order valence-corrected chi connectivity index (χ3v) is 5.04. The number of hydrogen-bond donors (Lipinski definition) is 3. The minimum Gasteiger partial charge on any atom is -0.478 e. The summed E-state index contributed by atoms with van der Waals surface area (Å²) < 4.78 is 0. The second-order valence-corrected chi connectivity index (χ2v) is 6.32. The number of anilines is 2. The average Bonchev–Trinajstić information content (AvgIpc) is 2.46. The van der Waals surface area contributed by atoms with Crippen molar-refractivity contribution in [1.29, 1.82) is 0 Å². The van der Waals surface area contributed by atoms with Crippen LogP contribution in [0.5, 0.6) is 0 Å². The van der Waals surface area contributed by atoms with Crippen molar-refractivity contribution in [2.75, 3.05) is 23.7 Å². The molecule has 1 saturated carbocycles. The number of aromatic carboxylic acids is 1. The van der Waals surface area contributed by atoms with Crippen molar-refractivity contribution >= 4 is 17.3 Å². The van der Waals surface area contributed by atoms with Crippen molar-refractivity contribution in [3.05, 3.63) is 23.8 Å². The van der Waals surface area contributed by atoms with E-state index < -0.39 is 11.6 Å². The van der Waals surface area contributed by atoms with Gasteiger partial charge in [0.1, 0.15) is 0 Å². The molecule has 21 heavy (non-hydrogen) atoms. The maximum atomic E-state index is 11.0. The first-order valence-corrected chi connectivity index (χ1v) is 7.60. The first-order valence-electron chi connectivity index (χ1n) is 7.60. The van der Waals surface area contributed by atoms with Gasteiger partial charge in [0.25, 0.3) is 0 Å². The lowest BCUT2D eigenvalue weighted by Crippen LogP contribution is -2.53. The van der Waals surface area contributed by atoms with Crippen LogP contribution in [0.25, 0.3) is 0 Å². The Labute approximate surface area is 124 Å². The molecule has 2 unspecified atom stereocenters. The quantitative estimate of drug-likeness (QED) is 0.726. The molecule has 2 aliphatic rings. The van der Waals surface area contributed by atoms with Crippen LogP contribution < -0.4 is 10.6 Å². The molecule has 0 amide bonds. The molecule has 5 nitrogen and oxygen atoms in total. The van der Waals surface area contributed by atoms with Crippen LogP contribution in [0, 0.1) is 5.92 Å². The summed E-state index contributed by atoms with van der Waals surface area (Å²) in [5.74, 6) is -0.674. The van der Waals surface area contributed by atoms with Gasteiger partial charge in [0.15, 0.2) is 0 Å². The molecule has 5 heteroatoms. The minimum absolute atomic E-state index is 0.211. The third kappa shape index (κ3) is 2.58. The Morgan fingerprint density at radius 2 is 2.14 bits per heavy atom. The molecule has 1 aromatic rings. The molecule has 1 saturated heterocycles. The smallest absolute Gasteiger partial charge is 0.335 e. The summed E-state index contributed by atoms with van der Waals surface area (Å²) in [6.45, 7) is 1.57. The fraction of sp³-hybridized carbons (Fsp3) is 0.562. The summed E-state index contributed by atoms with van der Waals surface area (Å²) in [6, 6.07) is 4.89. The molecule has 1 aromatic carbocycles.